The van der Waals surface area contributed by atoms with Gasteiger partial charge in [0.1, 0.15) is 11.5 Å². The summed E-state index contributed by atoms with van der Waals surface area (Å²) < 4.78 is 0. The van der Waals surface area contributed by atoms with Crippen molar-refractivity contribution in [2.75, 3.05) is 11.5 Å². The Bertz CT molecular complexity index is 1140. The number of aromatic hydroxyl groups is 2. The van der Waals surface area contributed by atoms with Gasteiger partial charge in [0.2, 0.25) is 0 Å². The van der Waals surface area contributed by atoms with Crippen LogP contribution < -0.4 is 11.5 Å². The zero-order valence-corrected chi connectivity index (χ0v) is 14.0. The highest BCUT2D eigenvalue weighted by molar-refractivity contribution is 6.08. The molecule has 0 heterocycles. The van der Waals surface area contributed by atoms with Crippen LogP contribution in [0.2, 0.25) is 0 Å². The lowest BCUT2D eigenvalue weighted by Crippen LogP contribution is -1.96. The summed E-state index contributed by atoms with van der Waals surface area (Å²) in [5, 5.41) is 22.2. The first-order chi connectivity index (χ1) is 12.6. The van der Waals surface area contributed by atoms with Crippen LogP contribution in [-0.2, 0) is 0 Å². The number of nitrogen functional groups attached to an aromatic ring is 2. The van der Waals surface area contributed by atoms with Gasteiger partial charge in [0.05, 0.1) is 11.4 Å². The van der Waals surface area contributed by atoms with Crippen molar-refractivity contribution < 1.29 is 10.2 Å². The third kappa shape index (κ3) is 2.40. The summed E-state index contributed by atoms with van der Waals surface area (Å²) >= 11 is 0. The molecule has 0 amide bonds. The second-order valence-electron chi connectivity index (χ2n) is 6.19. The molecule has 0 aliphatic heterocycles. The Morgan fingerprint density at radius 1 is 0.538 bits per heavy atom. The molecular weight excluding hydrogens is 324 g/mol. The van der Waals surface area contributed by atoms with Crippen molar-refractivity contribution >= 4 is 22.1 Å². The number of hydrogen-bond donors (Lipinski definition) is 4. The summed E-state index contributed by atoms with van der Waals surface area (Å²) in [7, 11) is 0. The molecular formula is C22H18N2O2. The molecule has 0 spiro atoms. The summed E-state index contributed by atoms with van der Waals surface area (Å²) in [6.07, 6.45) is 0. The summed E-state index contributed by atoms with van der Waals surface area (Å²) in [6, 6.07) is 22.3. The van der Waals surface area contributed by atoms with Crippen LogP contribution in [0.3, 0.4) is 0 Å². The maximum atomic E-state index is 10.1. The molecule has 26 heavy (non-hydrogen) atoms. The van der Waals surface area contributed by atoms with E-state index in [1.165, 1.54) is 0 Å². The highest BCUT2D eigenvalue weighted by Crippen LogP contribution is 2.45. The molecule has 0 bridgehead atoms. The predicted molar refractivity (Wildman–Crippen MR) is 107 cm³/mol. The average molecular weight is 342 g/mol. The SMILES string of the molecule is Nc1c(O)cccc1-c1ccc2ccccc2c1-c1cccc(O)c1N. The van der Waals surface area contributed by atoms with E-state index in [0.29, 0.717) is 16.9 Å². The van der Waals surface area contributed by atoms with Crippen LogP contribution in [0.1, 0.15) is 0 Å². The standard InChI is InChI=1S/C22H18N2O2/c23-21-16(7-3-9-18(21)25)15-12-11-13-5-1-2-6-14(13)20(15)17-8-4-10-19(26)22(17)24/h1-12,25-26H,23-24H2. The van der Waals surface area contributed by atoms with Crippen molar-refractivity contribution in [3.05, 3.63) is 72.8 Å². The molecule has 4 heteroatoms. The lowest BCUT2D eigenvalue weighted by molar-refractivity contribution is 0.477. The average Bonchev–Trinajstić information content (AvgIpc) is 2.66. The minimum absolute atomic E-state index is 0.0327. The quantitative estimate of drug-likeness (QED) is 0.312. The molecule has 0 saturated heterocycles. The van der Waals surface area contributed by atoms with Gasteiger partial charge in [-0.3, -0.25) is 0 Å². The van der Waals surface area contributed by atoms with Crippen molar-refractivity contribution in [2.45, 2.75) is 0 Å². The molecule has 0 atom stereocenters. The van der Waals surface area contributed by atoms with Crippen LogP contribution in [0, 0.1) is 0 Å². The summed E-state index contributed by atoms with van der Waals surface area (Å²) in [4.78, 5) is 0. The molecule has 0 saturated carbocycles. The van der Waals surface area contributed by atoms with E-state index in [1.54, 1.807) is 24.3 Å². The Morgan fingerprint density at radius 2 is 1.15 bits per heavy atom. The molecule has 4 aromatic rings. The molecule has 6 N–H and O–H groups in total. The number of phenolic OH excluding ortho intramolecular Hbond substituents is 2. The molecule has 4 rings (SSSR count). The Hall–Kier alpha value is -3.66. The van der Waals surface area contributed by atoms with Gasteiger partial charge in [-0.05, 0) is 34.0 Å². The number of para-hydroxylation sites is 2. The number of fused-ring (bicyclic) bond motifs is 1. The number of phenols is 2. The Morgan fingerprint density at radius 3 is 1.88 bits per heavy atom. The van der Waals surface area contributed by atoms with Gasteiger partial charge in [0.25, 0.3) is 0 Å². The van der Waals surface area contributed by atoms with Crippen LogP contribution in [0.5, 0.6) is 11.5 Å². The van der Waals surface area contributed by atoms with Crippen molar-refractivity contribution in [1.82, 2.24) is 0 Å². The fraction of sp³-hybridized carbons (Fsp3) is 0. The molecule has 4 nitrogen and oxygen atoms in total. The van der Waals surface area contributed by atoms with Crippen molar-refractivity contribution in [2.24, 2.45) is 0 Å². The Labute approximate surface area is 150 Å². The predicted octanol–water partition coefficient (Wildman–Crippen LogP) is 4.75. The summed E-state index contributed by atoms with van der Waals surface area (Å²) in [5.41, 5.74) is 16.1. The third-order valence-electron chi connectivity index (χ3n) is 4.65. The van der Waals surface area contributed by atoms with Gasteiger partial charge in [-0.2, -0.15) is 0 Å². The van der Waals surface area contributed by atoms with Crippen LogP contribution >= 0.6 is 0 Å². The van der Waals surface area contributed by atoms with E-state index in [9.17, 15) is 10.2 Å². The Balaban J connectivity index is 2.15. The van der Waals surface area contributed by atoms with E-state index in [1.807, 2.05) is 48.5 Å². The zero-order chi connectivity index (χ0) is 18.3. The fourth-order valence-corrected chi connectivity index (χ4v) is 3.35. The van der Waals surface area contributed by atoms with E-state index in [0.717, 1.165) is 27.5 Å². The molecule has 0 unspecified atom stereocenters. The van der Waals surface area contributed by atoms with Crippen molar-refractivity contribution in [3.63, 3.8) is 0 Å². The fourth-order valence-electron chi connectivity index (χ4n) is 3.35. The minimum atomic E-state index is 0.0327. The normalized spacial score (nSPS) is 10.9. The largest absolute Gasteiger partial charge is 0.506 e. The van der Waals surface area contributed by atoms with E-state index in [-0.39, 0.29) is 11.5 Å². The lowest BCUT2D eigenvalue weighted by Gasteiger charge is -2.17. The first-order valence-corrected chi connectivity index (χ1v) is 8.25. The maximum Gasteiger partial charge on any atom is 0.139 e. The molecule has 0 aromatic heterocycles. The van der Waals surface area contributed by atoms with Crippen LogP contribution in [-0.4, -0.2) is 10.2 Å². The van der Waals surface area contributed by atoms with Crippen molar-refractivity contribution in [1.29, 1.82) is 0 Å². The van der Waals surface area contributed by atoms with Crippen LogP contribution in [0.4, 0.5) is 11.4 Å². The zero-order valence-electron chi connectivity index (χ0n) is 14.0. The van der Waals surface area contributed by atoms with E-state index in [2.05, 4.69) is 0 Å². The third-order valence-corrected chi connectivity index (χ3v) is 4.65. The summed E-state index contributed by atoms with van der Waals surface area (Å²) in [6.45, 7) is 0. The van der Waals surface area contributed by atoms with E-state index >= 15 is 0 Å². The van der Waals surface area contributed by atoms with Crippen LogP contribution in [0.15, 0.2) is 72.8 Å². The maximum absolute atomic E-state index is 10.1. The van der Waals surface area contributed by atoms with Gasteiger partial charge >= 0.3 is 0 Å². The molecule has 128 valence electrons. The highest BCUT2D eigenvalue weighted by atomic mass is 16.3. The molecule has 0 aliphatic carbocycles. The van der Waals surface area contributed by atoms with Gasteiger partial charge in [-0.25, -0.2) is 0 Å². The number of benzene rings is 4. The van der Waals surface area contributed by atoms with E-state index < -0.39 is 0 Å². The summed E-state index contributed by atoms with van der Waals surface area (Å²) in [5.74, 6) is 0.0655. The monoisotopic (exact) mass is 342 g/mol. The first-order valence-electron chi connectivity index (χ1n) is 8.25. The van der Waals surface area contributed by atoms with Crippen LogP contribution in [0.25, 0.3) is 33.0 Å². The number of nitrogens with two attached hydrogens (primary N) is 2. The minimum Gasteiger partial charge on any atom is -0.506 e. The topological polar surface area (TPSA) is 92.5 Å². The number of rotatable bonds is 2. The lowest BCUT2D eigenvalue weighted by atomic mass is 9.88. The van der Waals surface area contributed by atoms with Gasteiger partial charge in [0.15, 0.2) is 0 Å². The number of anilines is 2. The highest BCUT2D eigenvalue weighted by Gasteiger charge is 2.17. The number of hydrogen-bond acceptors (Lipinski definition) is 4. The molecule has 4 aromatic carbocycles. The molecule has 0 radical (unpaired) electrons. The van der Waals surface area contributed by atoms with Gasteiger partial charge in [-0.1, -0.05) is 60.7 Å². The Kier molecular flexibility index (Phi) is 3.66. The van der Waals surface area contributed by atoms with E-state index in [4.69, 9.17) is 11.5 Å². The van der Waals surface area contributed by atoms with Gasteiger partial charge in [0, 0.05) is 11.1 Å². The second-order valence-corrected chi connectivity index (χ2v) is 6.19. The molecule has 0 aliphatic rings. The first kappa shape index (κ1) is 15.8. The second kappa shape index (κ2) is 6.01. The van der Waals surface area contributed by atoms with Gasteiger partial charge < -0.3 is 21.7 Å². The smallest absolute Gasteiger partial charge is 0.139 e. The van der Waals surface area contributed by atoms with Crippen molar-refractivity contribution in [3.8, 4) is 33.8 Å². The van der Waals surface area contributed by atoms with Gasteiger partial charge in [-0.15, -0.1) is 0 Å². The molecule has 0 fully saturated rings.